The van der Waals surface area contributed by atoms with E-state index in [1.807, 2.05) is 12.1 Å². The second-order valence-corrected chi connectivity index (χ2v) is 6.69. The zero-order valence-corrected chi connectivity index (χ0v) is 16.2. The van der Waals surface area contributed by atoms with E-state index in [1.165, 1.54) is 24.1 Å². The fraction of sp³-hybridized carbons (Fsp3) is 0.429. The molecule has 0 radical (unpaired) electrons. The van der Waals surface area contributed by atoms with Gasteiger partial charge in [0.2, 0.25) is 0 Å². The first-order valence-corrected chi connectivity index (χ1v) is 9.61. The predicted molar refractivity (Wildman–Crippen MR) is 111 cm³/mol. The number of hydrogen-bond donors (Lipinski definition) is 2. The number of anilines is 1. The molecule has 1 fully saturated rings. The van der Waals surface area contributed by atoms with Gasteiger partial charge in [0.05, 0.1) is 18.8 Å². The predicted octanol–water partition coefficient (Wildman–Crippen LogP) is 2.99. The molecule has 6 heteroatoms. The average Bonchev–Trinajstić information content (AvgIpc) is 3.26. The van der Waals surface area contributed by atoms with Crippen LogP contribution in [0.2, 0.25) is 0 Å². The molecule has 2 aromatic rings. The van der Waals surface area contributed by atoms with Crippen molar-refractivity contribution in [2.24, 2.45) is 4.99 Å². The third-order valence-electron chi connectivity index (χ3n) is 4.72. The summed E-state index contributed by atoms with van der Waals surface area (Å²) in [6.07, 6.45) is 6.02. The van der Waals surface area contributed by atoms with Gasteiger partial charge >= 0.3 is 0 Å². The number of nitrogens with zero attached hydrogens (tertiary/aromatic N) is 3. The third kappa shape index (κ3) is 5.61. The normalized spacial score (nSPS) is 15.5. The summed E-state index contributed by atoms with van der Waals surface area (Å²) < 4.78 is 5.65. The Morgan fingerprint density at radius 2 is 2.11 bits per heavy atom. The number of rotatable bonds is 7. The lowest BCUT2D eigenvalue weighted by Crippen LogP contribution is -2.40. The number of benzene rings is 1. The minimum absolute atomic E-state index is 0.165. The van der Waals surface area contributed by atoms with E-state index in [1.54, 1.807) is 19.4 Å². The fourth-order valence-electron chi connectivity index (χ4n) is 3.22. The Balaban J connectivity index is 1.48. The third-order valence-corrected chi connectivity index (χ3v) is 4.72. The number of aliphatic imine (C=N–C) groups is 1. The van der Waals surface area contributed by atoms with Gasteiger partial charge in [0.25, 0.3) is 0 Å². The van der Waals surface area contributed by atoms with Gasteiger partial charge < -0.3 is 20.3 Å². The molecule has 1 atom stereocenters. The number of ether oxygens (including phenoxy) is 1. The van der Waals surface area contributed by atoms with Crippen LogP contribution in [0.15, 0.2) is 53.8 Å². The van der Waals surface area contributed by atoms with Crippen LogP contribution in [0.25, 0.3) is 0 Å². The van der Waals surface area contributed by atoms with Crippen molar-refractivity contribution in [2.45, 2.75) is 25.8 Å². The highest BCUT2D eigenvalue weighted by Gasteiger charge is 2.14. The molecule has 2 heterocycles. The van der Waals surface area contributed by atoms with Crippen molar-refractivity contribution in [1.82, 2.24) is 15.6 Å². The second kappa shape index (κ2) is 9.80. The molecule has 1 aromatic carbocycles. The van der Waals surface area contributed by atoms with Crippen LogP contribution in [0.1, 0.15) is 31.4 Å². The van der Waals surface area contributed by atoms with Gasteiger partial charge in [-0.25, -0.2) is 0 Å². The maximum atomic E-state index is 5.65. The monoisotopic (exact) mass is 367 g/mol. The standard InChI is InChI=1S/C21H29N5O/c1-17(18-7-5-8-19(15-18)26-12-3-4-13-26)25-21(22-2)24-11-14-27-20-9-6-10-23-16-20/h5-10,15-17H,3-4,11-14H2,1-2H3,(H2,22,24,25). The number of guanidine groups is 1. The largest absolute Gasteiger partial charge is 0.490 e. The Hall–Kier alpha value is -2.76. The summed E-state index contributed by atoms with van der Waals surface area (Å²) in [6, 6.07) is 12.7. The molecule has 0 spiro atoms. The van der Waals surface area contributed by atoms with E-state index in [9.17, 15) is 0 Å². The summed E-state index contributed by atoms with van der Waals surface area (Å²) in [5.41, 5.74) is 2.57. The first-order chi connectivity index (χ1) is 13.3. The van der Waals surface area contributed by atoms with Crippen molar-refractivity contribution in [2.75, 3.05) is 38.2 Å². The SMILES string of the molecule is CN=C(NCCOc1cccnc1)NC(C)c1cccc(N2CCCC2)c1. The Kier molecular flexibility index (Phi) is 6.90. The Bertz CT molecular complexity index is 728. The molecular formula is C21H29N5O. The lowest BCUT2D eigenvalue weighted by Gasteiger charge is -2.22. The number of pyridine rings is 1. The van der Waals surface area contributed by atoms with E-state index in [4.69, 9.17) is 4.74 Å². The van der Waals surface area contributed by atoms with Crippen molar-refractivity contribution in [3.63, 3.8) is 0 Å². The van der Waals surface area contributed by atoms with Crippen LogP contribution in [0, 0.1) is 0 Å². The minimum atomic E-state index is 0.165. The van der Waals surface area contributed by atoms with E-state index < -0.39 is 0 Å². The number of aromatic nitrogens is 1. The average molecular weight is 367 g/mol. The molecule has 6 nitrogen and oxygen atoms in total. The lowest BCUT2D eigenvalue weighted by molar-refractivity contribution is 0.320. The zero-order valence-electron chi connectivity index (χ0n) is 16.2. The summed E-state index contributed by atoms with van der Waals surface area (Å²) in [5, 5.41) is 6.74. The topological polar surface area (TPSA) is 61.8 Å². The van der Waals surface area contributed by atoms with E-state index >= 15 is 0 Å². The van der Waals surface area contributed by atoms with Crippen LogP contribution >= 0.6 is 0 Å². The van der Waals surface area contributed by atoms with E-state index in [-0.39, 0.29) is 6.04 Å². The van der Waals surface area contributed by atoms with E-state index in [0.29, 0.717) is 13.2 Å². The number of hydrogen-bond acceptors (Lipinski definition) is 4. The van der Waals surface area contributed by atoms with Gasteiger partial charge in [-0.2, -0.15) is 0 Å². The summed E-state index contributed by atoms with van der Waals surface area (Å²) in [4.78, 5) is 10.8. The molecule has 3 rings (SSSR count). The quantitative estimate of drug-likeness (QED) is 0.448. The highest BCUT2D eigenvalue weighted by Crippen LogP contribution is 2.23. The van der Waals surface area contributed by atoms with Crippen molar-refractivity contribution < 1.29 is 4.74 Å². The summed E-state index contributed by atoms with van der Waals surface area (Å²) in [7, 11) is 1.78. The molecule has 0 aliphatic carbocycles. The molecule has 2 N–H and O–H groups in total. The highest BCUT2D eigenvalue weighted by atomic mass is 16.5. The smallest absolute Gasteiger partial charge is 0.191 e. The molecule has 1 saturated heterocycles. The molecule has 27 heavy (non-hydrogen) atoms. The maximum Gasteiger partial charge on any atom is 0.191 e. The summed E-state index contributed by atoms with van der Waals surface area (Å²) in [6.45, 7) is 5.68. The van der Waals surface area contributed by atoms with Gasteiger partial charge in [-0.05, 0) is 49.6 Å². The van der Waals surface area contributed by atoms with Gasteiger partial charge in [0, 0.05) is 32.0 Å². The molecule has 0 bridgehead atoms. The molecular weight excluding hydrogens is 338 g/mol. The van der Waals surface area contributed by atoms with Crippen LogP contribution < -0.4 is 20.3 Å². The van der Waals surface area contributed by atoms with Crippen molar-refractivity contribution >= 4 is 11.6 Å². The Labute approximate surface area is 161 Å². The van der Waals surface area contributed by atoms with Crippen molar-refractivity contribution in [1.29, 1.82) is 0 Å². The lowest BCUT2D eigenvalue weighted by atomic mass is 10.1. The molecule has 1 aliphatic heterocycles. The molecule has 0 amide bonds. The van der Waals surface area contributed by atoms with Gasteiger partial charge in [0.15, 0.2) is 5.96 Å². The van der Waals surface area contributed by atoms with E-state index in [0.717, 1.165) is 24.8 Å². The maximum absolute atomic E-state index is 5.65. The molecule has 144 valence electrons. The first-order valence-electron chi connectivity index (χ1n) is 9.61. The van der Waals surface area contributed by atoms with Gasteiger partial charge in [-0.3, -0.25) is 9.98 Å². The van der Waals surface area contributed by atoms with Gasteiger partial charge in [-0.1, -0.05) is 12.1 Å². The van der Waals surface area contributed by atoms with Crippen molar-refractivity contribution in [3.05, 3.63) is 54.4 Å². The highest BCUT2D eigenvalue weighted by molar-refractivity contribution is 5.80. The molecule has 1 aromatic heterocycles. The Morgan fingerprint density at radius 3 is 2.85 bits per heavy atom. The van der Waals surface area contributed by atoms with Crippen molar-refractivity contribution in [3.8, 4) is 5.75 Å². The summed E-state index contributed by atoms with van der Waals surface area (Å²) >= 11 is 0. The zero-order chi connectivity index (χ0) is 18.9. The van der Waals surface area contributed by atoms with E-state index in [2.05, 4.69) is 56.7 Å². The summed E-state index contributed by atoms with van der Waals surface area (Å²) in [5.74, 6) is 1.54. The van der Waals surface area contributed by atoms with Crippen LogP contribution in [0.3, 0.4) is 0 Å². The minimum Gasteiger partial charge on any atom is -0.490 e. The van der Waals surface area contributed by atoms with Gasteiger partial charge in [0.1, 0.15) is 12.4 Å². The van der Waals surface area contributed by atoms with Crippen LogP contribution in [-0.2, 0) is 0 Å². The fourth-order valence-corrected chi connectivity index (χ4v) is 3.22. The molecule has 1 unspecified atom stereocenters. The molecule has 0 saturated carbocycles. The first kappa shape index (κ1) is 19.0. The molecule has 1 aliphatic rings. The number of nitrogens with one attached hydrogen (secondary N) is 2. The van der Waals surface area contributed by atoms with Crippen LogP contribution in [0.5, 0.6) is 5.75 Å². The second-order valence-electron chi connectivity index (χ2n) is 6.69. The Morgan fingerprint density at radius 1 is 1.26 bits per heavy atom. The van der Waals surface area contributed by atoms with Crippen LogP contribution in [-0.4, -0.2) is 44.2 Å². The van der Waals surface area contributed by atoms with Gasteiger partial charge in [-0.15, -0.1) is 0 Å². The van der Waals surface area contributed by atoms with Crippen LogP contribution in [0.4, 0.5) is 5.69 Å².